The standard InChI is InChI=1S/C14H22BrN5S/c1-5-10-12(15)11(20(6-2)18-10)7-9(16)14-13(8(3)4)17-19-21-14/h8-9H,5-7,16H2,1-4H3. The van der Waals surface area contributed by atoms with Crippen LogP contribution in [-0.2, 0) is 19.4 Å². The number of nitrogens with zero attached hydrogens (tertiary/aromatic N) is 4. The Bertz CT molecular complexity index is 605. The minimum absolute atomic E-state index is 0.0922. The maximum absolute atomic E-state index is 6.42. The van der Waals surface area contributed by atoms with E-state index in [9.17, 15) is 0 Å². The predicted molar refractivity (Wildman–Crippen MR) is 89.6 cm³/mol. The first-order valence-corrected chi connectivity index (χ1v) is 8.87. The van der Waals surface area contributed by atoms with Gasteiger partial charge in [-0.1, -0.05) is 25.3 Å². The minimum atomic E-state index is -0.0922. The van der Waals surface area contributed by atoms with Crippen LogP contribution in [0.4, 0.5) is 0 Å². The highest BCUT2D eigenvalue weighted by Crippen LogP contribution is 2.30. The summed E-state index contributed by atoms with van der Waals surface area (Å²) in [7, 11) is 0. The number of aromatic nitrogens is 4. The maximum Gasteiger partial charge on any atom is 0.0829 e. The number of aryl methyl sites for hydroxylation is 2. The van der Waals surface area contributed by atoms with Gasteiger partial charge in [0.15, 0.2) is 0 Å². The molecule has 0 radical (unpaired) electrons. The molecule has 2 N–H and O–H groups in total. The van der Waals surface area contributed by atoms with Crippen LogP contribution in [0, 0.1) is 0 Å². The van der Waals surface area contributed by atoms with E-state index in [1.165, 1.54) is 11.5 Å². The fourth-order valence-electron chi connectivity index (χ4n) is 2.38. The van der Waals surface area contributed by atoms with Crippen molar-refractivity contribution in [2.75, 3.05) is 0 Å². The summed E-state index contributed by atoms with van der Waals surface area (Å²) in [6.07, 6.45) is 1.65. The molecule has 1 atom stereocenters. The van der Waals surface area contributed by atoms with E-state index in [1.807, 2.05) is 4.68 Å². The molecule has 7 heteroatoms. The summed E-state index contributed by atoms with van der Waals surface area (Å²) in [5.41, 5.74) is 9.68. The molecule has 2 rings (SSSR count). The van der Waals surface area contributed by atoms with Crippen molar-refractivity contribution in [2.45, 2.75) is 59.0 Å². The van der Waals surface area contributed by atoms with Crippen molar-refractivity contribution in [3.63, 3.8) is 0 Å². The summed E-state index contributed by atoms with van der Waals surface area (Å²) < 4.78 is 7.19. The third kappa shape index (κ3) is 3.35. The average molecular weight is 372 g/mol. The van der Waals surface area contributed by atoms with Crippen molar-refractivity contribution in [1.82, 2.24) is 19.4 Å². The summed E-state index contributed by atoms with van der Waals surface area (Å²) in [6, 6.07) is -0.0922. The van der Waals surface area contributed by atoms with Crippen LogP contribution in [0.3, 0.4) is 0 Å². The molecule has 0 aromatic carbocycles. The largest absolute Gasteiger partial charge is 0.323 e. The van der Waals surface area contributed by atoms with Crippen molar-refractivity contribution in [3.05, 3.63) is 26.4 Å². The molecule has 0 bridgehead atoms. The van der Waals surface area contributed by atoms with E-state index in [0.717, 1.165) is 45.8 Å². The van der Waals surface area contributed by atoms with Gasteiger partial charge in [-0.3, -0.25) is 4.68 Å². The van der Waals surface area contributed by atoms with Gasteiger partial charge < -0.3 is 5.73 Å². The van der Waals surface area contributed by atoms with Gasteiger partial charge in [0.05, 0.1) is 26.4 Å². The summed E-state index contributed by atoms with van der Waals surface area (Å²) in [6.45, 7) is 9.30. The van der Waals surface area contributed by atoms with Gasteiger partial charge in [-0.15, -0.1) is 5.10 Å². The van der Waals surface area contributed by atoms with E-state index in [-0.39, 0.29) is 6.04 Å². The van der Waals surface area contributed by atoms with Crippen LogP contribution < -0.4 is 5.73 Å². The molecule has 21 heavy (non-hydrogen) atoms. The monoisotopic (exact) mass is 371 g/mol. The summed E-state index contributed by atoms with van der Waals surface area (Å²) in [5, 5.41) is 8.84. The zero-order valence-corrected chi connectivity index (χ0v) is 15.3. The maximum atomic E-state index is 6.42. The van der Waals surface area contributed by atoms with Gasteiger partial charge in [-0.2, -0.15) is 5.10 Å². The molecular formula is C14H22BrN5S. The number of rotatable bonds is 6. The lowest BCUT2D eigenvalue weighted by Gasteiger charge is -2.13. The average Bonchev–Trinajstić information content (AvgIpc) is 3.05. The molecule has 2 heterocycles. The molecule has 0 saturated heterocycles. The molecule has 0 amide bonds. The summed E-state index contributed by atoms with van der Waals surface area (Å²) in [4.78, 5) is 1.08. The Morgan fingerprint density at radius 2 is 2.05 bits per heavy atom. The lowest BCUT2D eigenvalue weighted by Crippen LogP contribution is -2.17. The van der Waals surface area contributed by atoms with E-state index in [2.05, 4.69) is 58.3 Å². The number of hydrogen-bond acceptors (Lipinski definition) is 5. The third-order valence-corrected chi connectivity index (χ3v) is 5.32. The van der Waals surface area contributed by atoms with Gasteiger partial charge in [0, 0.05) is 19.0 Å². The molecular weight excluding hydrogens is 350 g/mol. The van der Waals surface area contributed by atoms with Gasteiger partial charge in [-0.25, -0.2) is 0 Å². The lowest BCUT2D eigenvalue weighted by molar-refractivity contribution is 0.584. The normalized spacial score (nSPS) is 13.1. The first-order chi connectivity index (χ1) is 9.99. The van der Waals surface area contributed by atoms with Crippen LogP contribution in [0.1, 0.15) is 61.6 Å². The van der Waals surface area contributed by atoms with Crippen molar-refractivity contribution in [1.29, 1.82) is 0 Å². The summed E-state index contributed by atoms with van der Waals surface area (Å²) in [5.74, 6) is 0.343. The molecule has 2 aromatic rings. The number of nitrogens with two attached hydrogens (primary N) is 1. The van der Waals surface area contributed by atoms with Gasteiger partial charge in [-0.05, 0) is 46.7 Å². The Kier molecular flexibility index (Phi) is 5.51. The van der Waals surface area contributed by atoms with Crippen LogP contribution in [-0.4, -0.2) is 19.4 Å². The molecule has 0 aliphatic carbocycles. The van der Waals surface area contributed by atoms with Crippen LogP contribution in [0.2, 0.25) is 0 Å². The van der Waals surface area contributed by atoms with Crippen molar-refractivity contribution < 1.29 is 0 Å². The van der Waals surface area contributed by atoms with Crippen LogP contribution in [0.15, 0.2) is 4.47 Å². The SMILES string of the molecule is CCc1nn(CC)c(CC(N)c2snnc2C(C)C)c1Br. The quantitative estimate of drug-likeness (QED) is 0.843. The minimum Gasteiger partial charge on any atom is -0.323 e. The molecule has 0 saturated carbocycles. The smallest absolute Gasteiger partial charge is 0.0829 e. The Balaban J connectivity index is 2.29. The number of halogens is 1. The Hall–Kier alpha value is -0.790. The third-order valence-electron chi connectivity index (χ3n) is 3.53. The Morgan fingerprint density at radius 1 is 1.33 bits per heavy atom. The fourth-order valence-corrected chi connectivity index (χ4v) is 3.91. The van der Waals surface area contributed by atoms with Crippen molar-refractivity contribution >= 4 is 27.5 Å². The van der Waals surface area contributed by atoms with Gasteiger partial charge >= 0.3 is 0 Å². The number of hydrogen-bond donors (Lipinski definition) is 1. The highest BCUT2D eigenvalue weighted by atomic mass is 79.9. The Morgan fingerprint density at radius 3 is 2.62 bits per heavy atom. The highest BCUT2D eigenvalue weighted by Gasteiger charge is 2.22. The zero-order chi connectivity index (χ0) is 15.6. The van der Waals surface area contributed by atoms with E-state index in [0.29, 0.717) is 5.92 Å². The van der Waals surface area contributed by atoms with Crippen LogP contribution in [0.5, 0.6) is 0 Å². The molecule has 0 spiro atoms. The van der Waals surface area contributed by atoms with Crippen LogP contribution >= 0.6 is 27.5 Å². The molecule has 0 fully saturated rings. The van der Waals surface area contributed by atoms with E-state index < -0.39 is 0 Å². The second kappa shape index (κ2) is 6.98. The second-order valence-electron chi connectivity index (χ2n) is 5.36. The summed E-state index contributed by atoms with van der Waals surface area (Å²) >= 11 is 5.08. The molecule has 5 nitrogen and oxygen atoms in total. The van der Waals surface area contributed by atoms with E-state index in [4.69, 9.17) is 5.73 Å². The van der Waals surface area contributed by atoms with Crippen molar-refractivity contribution in [2.24, 2.45) is 5.73 Å². The first-order valence-electron chi connectivity index (χ1n) is 7.31. The molecule has 116 valence electrons. The Labute approximate surface area is 138 Å². The predicted octanol–water partition coefficient (Wildman–Crippen LogP) is 3.45. The highest BCUT2D eigenvalue weighted by molar-refractivity contribution is 9.10. The molecule has 1 unspecified atom stereocenters. The topological polar surface area (TPSA) is 69.6 Å². The molecule has 2 aromatic heterocycles. The van der Waals surface area contributed by atoms with Crippen molar-refractivity contribution in [3.8, 4) is 0 Å². The van der Waals surface area contributed by atoms with Crippen LogP contribution in [0.25, 0.3) is 0 Å². The second-order valence-corrected chi connectivity index (χ2v) is 6.94. The van der Waals surface area contributed by atoms with Gasteiger partial charge in [0.1, 0.15) is 0 Å². The first kappa shape index (κ1) is 16.6. The molecule has 0 aliphatic rings. The molecule has 0 aliphatic heterocycles. The van der Waals surface area contributed by atoms with Gasteiger partial charge in [0.25, 0.3) is 0 Å². The fraction of sp³-hybridized carbons (Fsp3) is 0.643. The van der Waals surface area contributed by atoms with Gasteiger partial charge in [0.2, 0.25) is 0 Å². The van der Waals surface area contributed by atoms with E-state index in [1.54, 1.807) is 0 Å². The zero-order valence-electron chi connectivity index (χ0n) is 12.9. The lowest BCUT2D eigenvalue weighted by atomic mass is 10.0. The van der Waals surface area contributed by atoms with E-state index >= 15 is 0 Å².